The van der Waals surface area contributed by atoms with E-state index >= 15 is 0 Å². The van der Waals surface area contributed by atoms with Crippen LogP contribution in [0.4, 0.5) is 17.3 Å². The molecule has 0 atom stereocenters. The Balaban J connectivity index is 3.46. The van der Waals surface area contributed by atoms with Crippen LogP contribution in [0.3, 0.4) is 0 Å². The third kappa shape index (κ3) is 1.41. The fourth-order valence-electron chi connectivity index (χ4n) is 0.507. The number of hydrogen-bond donors (Lipinski definition) is 0. The quantitative estimate of drug-likeness (QED) is 0.710. The molecule has 6 radical (unpaired) electrons. The maximum atomic E-state index is 9.11. The van der Waals surface area contributed by atoms with Crippen LogP contribution in [0.25, 0.3) is 0 Å². The van der Waals surface area contributed by atoms with Crippen molar-refractivity contribution in [2.24, 2.45) is 0 Å². The van der Waals surface area contributed by atoms with Gasteiger partial charge in [0.1, 0.15) is 5.69 Å². The molecule has 0 spiro atoms. The maximum absolute atomic E-state index is 9.11. The number of aromatic nitrogens is 1. The Morgan fingerprint density at radius 1 is 0.909 bits per heavy atom. The largest absolute Gasteiger partial charge is 0.203 e. The van der Waals surface area contributed by atoms with E-state index in [-0.39, 0.29) is 14.6 Å². The summed E-state index contributed by atoms with van der Waals surface area (Å²) in [4.78, 5) is 3.29. The van der Waals surface area contributed by atoms with Crippen LogP contribution < -0.4 is 17.2 Å². The molecule has 1 rings (SSSR count). The Morgan fingerprint density at radius 2 is 1.27 bits per heavy atom. The molecule has 0 aliphatic carbocycles. The topological polar surface area (TPSA) is 79.8 Å². The average molecular weight is 276 g/mol. The van der Waals surface area contributed by atoms with Gasteiger partial charge in [-0.05, 0) is 31.9 Å². The Bertz CT molecular complexity index is 273. The lowest BCUT2D eigenvalue weighted by molar-refractivity contribution is 1.17. The van der Waals surface area contributed by atoms with Gasteiger partial charge >= 0.3 is 0 Å². The van der Waals surface area contributed by atoms with Crippen LogP contribution in [0.5, 0.6) is 0 Å². The van der Waals surface area contributed by atoms with Crippen LogP contribution in [0.1, 0.15) is 0 Å². The molecule has 1 aromatic rings. The van der Waals surface area contributed by atoms with Gasteiger partial charge in [-0.2, -0.15) is 0 Å². The predicted octanol–water partition coefficient (Wildman–Crippen LogP) is 1.71. The van der Waals surface area contributed by atoms with Gasteiger partial charge in [-0.15, -0.1) is 17.2 Å². The minimum absolute atomic E-state index is 0.0437. The molecular weight excluding hydrogens is 276 g/mol. The molecule has 0 saturated carbocycles. The van der Waals surface area contributed by atoms with Crippen LogP contribution >= 0.6 is 31.9 Å². The Labute approximate surface area is 80.4 Å². The third-order valence-corrected chi connectivity index (χ3v) is 2.48. The molecule has 0 bridgehead atoms. The Hall–Kier alpha value is -0.490. The molecule has 54 valence electrons. The third-order valence-electron chi connectivity index (χ3n) is 1.02. The molecule has 0 saturated heterocycles. The first-order valence-corrected chi connectivity index (χ1v) is 4.08. The standard InChI is InChI=1S/C5Br2N4/c6-1-3(8)2(7)5(10)11-4(1)9. The van der Waals surface area contributed by atoms with Gasteiger partial charge in [-0.3, -0.25) is 0 Å². The summed E-state index contributed by atoms with van der Waals surface area (Å²) < 4.78 is 0.0874. The molecule has 1 heterocycles. The van der Waals surface area contributed by atoms with Gasteiger partial charge < -0.3 is 0 Å². The van der Waals surface area contributed by atoms with Gasteiger partial charge in [0, 0.05) is 0 Å². The lowest BCUT2D eigenvalue weighted by Crippen LogP contribution is -1.87. The molecule has 0 aromatic carbocycles. The molecule has 0 aliphatic heterocycles. The zero-order valence-electron chi connectivity index (χ0n) is 5.04. The zero-order chi connectivity index (χ0) is 8.59. The van der Waals surface area contributed by atoms with E-state index in [1.165, 1.54) is 0 Å². The summed E-state index contributed by atoms with van der Waals surface area (Å²) in [6.07, 6.45) is 0. The van der Waals surface area contributed by atoms with Crippen molar-refractivity contribution in [3.05, 3.63) is 8.95 Å². The Kier molecular flexibility index (Phi) is 2.24. The van der Waals surface area contributed by atoms with Crippen molar-refractivity contribution in [1.29, 1.82) is 0 Å². The van der Waals surface area contributed by atoms with E-state index in [1.807, 2.05) is 0 Å². The first-order chi connectivity index (χ1) is 5.04. The second kappa shape index (κ2) is 2.86. The van der Waals surface area contributed by atoms with E-state index in [4.69, 9.17) is 17.2 Å². The van der Waals surface area contributed by atoms with E-state index in [9.17, 15) is 0 Å². The van der Waals surface area contributed by atoms with E-state index in [1.54, 1.807) is 0 Å². The molecule has 4 nitrogen and oxygen atoms in total. The van der Waals surface area contributed by atoms with Crippen molar-refractivity contribution >= 4 is 49.2 Å². The number of nitrogens with zero attached hydrogens (tertiary/aromatic N) is 4. The van der Waals surface area contributed by atoms with Gasteiger partial charge in [0.25, 0.3) is 0 Å². The molecule has 0 N–H and O–H groups in total. The molecule has 0 fully saturated rings. The van der Waals surface area contributed by atoms with E-state index in [0.29, 0.717) is 0 Å². The van der Waals surface area contributed by atoms with Crippen LogP contribution in [0.2, 0.25) is 0 Å². The van der Waals surface area contributed by atoms with Crippen molar-refractivity contribution in [3.8, 4) is 0 Å². The van der Waals surface area contributed by atoms with Crippen molar-refractivity contribution in [2.45, 2.75) is 0 Å². The monoisotopic (exact) mass is 274 g/mol. The van der Waals surface area contributed by atoms with Crippen LogP contribution in [0.15, 0.2) is 8.95 Å². The highest BCUT2D eigenvalue weighted by molar-refractivity contribution is 9.11. The summed E-state index contributed by atoms with van der Waals surface area (Å²) in [7, 11) is 0. The van der Waals surface area contributed by atoms with Gasteiger partial charge in [0.05, 0.1) is 8.95 Å². The summed E-state index contributed by atoms with van der Waals surface area (Å²) in [6.45, 7) is 0. The molecular formula is C5Br2N4. The van der Waals surface area contributed by atoms with E-state index in [2.05, 4.69) is 36.8 Å². The molecule has 0 unspecified atom stereocenters. The lowest BCUT2D eigenvalue weighted by atomic mass is 10.4. The highest BCUT2D eigenvalue weighted by Gasteiger charge is 2.13. The van der Waals surface area contributed by atoms with E-state index < -0.39 is 11.6 Å². The Morgan fingerprint density at radius 3 is 1.64 bits per heavy atom. The second-order valence-corrected chi connectivity index (χ2v) is 3.32. The summed E-state index contributed by atoms with van der Waals surface area (Å²) in [5, 5.41) is 0. The normalized spacial score (nSPS) is 10.0. The van der Waals surface area contributed by atoms with Crippen molar-refractivity contribution in [1.82, 2.24) is 22.2 Å². The summed E-state index contributed by atoms with van der Waals surface area (Å²) in [5.41, 5.74) is 26.6. The molecule has 11 heavy (non-hydrogen) atoms. The molecule has 6 heteroatoms. The van der Waals surface area contributed by atoms with Crippen molar-refractivity contribution in [3.63, 3.8) is 0 Å². The fraction of sp³-hybridized carbons (Fsp3) is 0. The predicted molar refractivity (Wildman–Crippen MR) is 45.0 cm³/mol. The first-order valence-electron chi connectivity index (χ1n) is 2.50. The van der Waals surface area contributed by atoms with E-state index in [0.717, 1.165) is 0 Å². The van der Waals surface area contributed by atoms with Crippen LogP contribution in [-0.4, -0.2) is 4.98 Å². The summed E-state index contributed by atoms with van der Waals surface area (Å²) in [6, 6.07) is 0. The summed E-state index contributed by atoms with van der Waals surface area (Å²) >= 11 is 5.72. The van der Waals surface area contributed by atoms with Gasteiger partial charge in [-0.1, -0.05) is 0 Å². The maximum Gasteiger partial charge on any atom is 0.193 e. The summed E-state index contributed by atoms with van der Waals surface area (Å²) in [5.74, 6) is -0.911. The van der Waals surface area contributed by atoms with Crippen LogP contribution in [0, 0.1) is 0 Å². The van der Waals surface area contributed by atoms with Gasteiger partial charge in [-0.25, -0.2) is 4.98 Å². The zero-order valence-corrected chi connectivity index (χ0v) is 8.22. The van der Waals surface area contributed by atoms with Crippen molar-refractivity contribution in [2.75, 3.05) is 0 Å². The number of rotatable bonds is 0. The molecule has 0 aliphatic rings. The highest BCUT2D eigenvalue weighted by Crippen LogP contribution is 2.36. The van der Waals surface area contributed by atoms with Crippen molar-refractivity contribution < 1.29 is 0 Å². The molecule has 0 amide bonds. The number of halogens is 2. The average Bonchev–Trinajstić information content (AvgIpc) is 1.97. The van der Waals surface area contributed by atoms with Gasteiger partial charge in [0.15, 0.2) is 11.6 Å². The first kappa shape index (κ1) is 8.61. The second-order valence-electron chi connectivity index (χ2n) is 1.74. The number of hydrogen-bond acceptors (Lipinski definition) is 1. The molecule has 1 aromatic heterocycles. The highest BCUT2D eigenvalue weighted by atomic mass is 79.9. The van der Waals surface area contributed by atoms with Gasteiger partial charge in [0.2, 0.25) is 0 Å². The minimum atomic E-state index is -0.455. The fourth-order valence-corrected chi connectivity index (χ4v) is 1.35. The minimum Gasteiger partial charge on any atom is -0.203 e. The number of pyridine rings is 1. The SMILES string of the molecule is [N]c1nc([N])c(Br)c([N])c1Br. The van der Waals surface area contributed by atoms with Crippen LogP contribution in [-0.2, 0) is 0 Å². The lowest BCUT2D eigenvalue weighted by Gasteiger charge is -2.00. The smallest absolute Gasteiger partial charge is 0.193 e.